The van der Waals surface area contributed by atoms with Crippen LogP contribution in [-0.4, -0.2) is 36.7 Å². The molecule has 0 fully saturated rings. The van der Waals surface area contributed by atoms with Gasteiger partial charge in [-0.25, -0.2) is 4.79 Å². The number of carbonyl (C=O) groups is 2. The maximum Gasteiger partial charge on any atom is 0.346 e. The number of benzene rings is 2. The van der Waals surface area contributed by atoms with Crippen LogP contribution in [0.3, 0.4) is 0 Å². The monoisotopic (exact) mass is 341 g/mol. The van der Waals surface area contributed by atoms with Crippen molar-refractivity contribution in [2.75, 3.05) is 18.6 Å². The summed E-state index contributed by atoms with van der Waals surface area (Å²) in [5.74, 6) is -0.0854. The van der Waals surface area contributed by atoms with Crippen LogP contribution in [0.5, 0.6) is 11.5 Å². The fraction of sp³-hybridized carbons (Fsp3) is 0.263. The molecule has 0 aliphatic carbocycles. The van der Waals surface area contributed by atoms with Gasteiger partial charge in [0.25, 0.3) is 0 Å². The van der Waals surface area contributed by atoms with Crippen molar-refractivity contribution in [3.05, 3.63) is 54.1 Å². The van der Waals surface area contributed by atoms with Crippen LogP contribution in [-0.2, 0) is 16.0 Å². The van der Waals surface area contributed by atoms with Gasteiger partial charge < -0.3 is 19.5 Å². The number of hydrogen-bond donors (Lipinski definition) is 1. The van der Waals surface area contributed by atoms with Gasteiger partial charge in [-0.3, -0.25) is 4.79 Å². The predicted molar refractivity (Wildman–Crippen MR) is 92.2 cm³/mol. The normalized spacial score (nSPS) is 15.9. The molecule has 0 saturated heterocycles. The zero-order chi connectivity index (χ0) is 17.8. The average Bonchev–Trinajstić information content (AvgIpc) is 2.65. The Bertz CT molecular complexity index is 789. The number of amides is 1. The van der Waals surface area contributed by atoms with E-state index in [2.05, 4.69) is 0 Å². The summed E-state index contributed by atoms with van der Waals surface area (Å²) in [5.41, 5.74) is 1.54. The Hall–Kier alpha value is -3.02. The molecular formula is C19H19NO5. The van der Waals surface area contributed by atoms with Crippen LogP contribution in [0, 0.1) is 0 Å². The largest absolute Gasteiger partial charge is 0.496 e. The SMILES string of the molecule is COc1ccccc1CCC(=O)N1C[C@@H](C(=O)O)Oc2ccccc21. The molecule has 130 valence electrons. The highest BCUT2D eigenvalue weighted by molar-refractivity contribution is 5.96. The highest BCUT2D eigenvalue weighted by Gasteiger charge is 2.33. The number of anilines is 1. The van der Waals surface area contributed by atoms with Gasteiger partial charge in [0.2, 0.25) is 12.0 Å². The molecule has 6 nitrogen and oxygen atoms in total. The molecular weight excluding hydrogens is 322 g/mol. The first-order valence-corrected chi connectivity index (χ1v) is 8.01. The lowest BCUT2D eigenvalue weighted by Gasteiger charge is -2.33. The lowest BCUT2D eigenvalue weighted by atomic mass is 10.1. The number of para-hydroxylation sites is 3. The number of carboxylic acids is 1. The summed E-state index contributed by atoms with van der Waals surface area (Å²) in [5, 5.41) is 9.26. The number of nitrogens with zero attached hydrogens (tertiary/aromatic N) is 1. The van der Waals surface area contributed by atoms with Gasteiger partial charge in [0.05, 0.1) is 19.3 Å². The average molecular weight is 341 g/mol. The van der Waals surface area contributed by atoms with Gasteiger partial charge in [-0.05, 0) is 30.2 Å². The number of carboxylic acid groups (broad SMARTS) is 1. The Labute approximate surface area is 145 Å². The summed E-state index contributed by atoms with van der Waals surface area (Å²) < 4.78 is 10.8. The smallest absolute Gasteiger partial charge is 0.346 e. The molecule has 1 heterocycles. The number of aliphatic carboxylic acids is 1. The van der Waals surface area contributed by atoms with E-state index in [1.54, 1.807) is 31.4 Å². The number of ether oxygens (including phenoxy) is 2. The molecule has 0 saturated carbocycles. The highest BCUT2D eigenvalue weighted by atomic mass is 16.5. The van der Waals surface area contributed by atoms with Gasteiger partial charge in [-0.1, -0.05) is 30.3 Å². The molecule has 0 unspecified atom stereocenters. The Balaban J connectivity index is 1.78. The summed E-state index contributed by atoms with van der Waals surface area (Å²) >= 11 is 0. The number of rotatable bonds is 5. The van der Waals surface area contributed by atoms with Gasteiger partial charge in [0, 0.05) is 6.42 Å². The number of hydrogen-bond acceptors (Lipinski definition) is 4. The summed E-state index contributed by atoms with van der Waals surface area (Å²) in [6, 6.07) is 14.5. The number of aryl methyl sites for hydroxylation is 1. The van der Waals surface area contributed by atoms with Crippen molar-refractivity contribution in [3.63, 3.8) is 0 Å². The van der Waals surface area contributed by atoms with Crippen molar-refractivity contribution in [1.29, 1.82) is 0 Å². The zero-order valence-corrected chi connectivity index (χ0v) is 13.8. The third-order valence-electron chi connectivity index (χ3n) is 4.15. The maximum atomic E-state index is 12.7. The van der Waals surface area contributed by atoms with Gasteiger partial charge >= 0.3 is 5.97 Å². The van der Waals surface area contributed by atoms with Crippen molar-refractivity contribution in [3.8, 4) is 11.5 Å². The van der Waals surface area contributed by atoms with Crippen LogP contribution >= 0.6 is 0 Å². The second kappa shape index (κ2) is 7.25. The van der Waals surface area contributed by atoms with Crippen LogP contribution < -0.4 is 14.4 Å². The van der Waals surface area contributed by atoms with Crippen molar-refractivity contribution in [1.82, 2.24) is 0 Å². The molecule has 1 amide bonds. The lowest BCUT2D eigenvalue weighted by molar-refractivity contribution is -0.145. The molecule has 2 aromatic carbocycles. The maximum absolute atomic E-state index is 12.7. The molecule has 1 N–H and O–H groups in total. The Morgan fingerprint density at radius 1 is 1.20 bits per heavy atom. The van der Waals surface area contributed by atoms with E-state index in [1.807, 2.05) is 24.3 Å². The molecule has 3 rings (SSSR count). The number of carbonyl (C=O) groups excluding carboxylic acids is 1. The van der Waals surface area contributed by atoms with E-state index in [9.17, 15) is 14.7 Å². The summed E-state index contributed by atoms with van der Waals surface area (Å²) in [7, 11) is 1.59. The standard InChI is InChI=1S/C19H19NO5/c1-24-15-8-4-2-6-13(15)10-11-18(21)20-12-17(19(22)23)25-16-9-5-3-7-14(16)20/h2-9,17H,10-12H2,1H3,(H,22,23)/t17-/m0/s1. The first-order valence-electron chi connectivity index (χ1n) is 8.01. The quantitative estimate of drug-likeness (QED) is 0.904. The van der Waals surface area contributed by atoms with E-state index >= 15 is 0 Å². The minimum Gasteiger partial charge on any atom is -0.496 e. The van der Waals surface area contributed by atoms with Gasteiger partial charge in [-0.15, -0.1) is 0 Å². The zero-order valence-electron chi connectivity index (χ0n) is 13.8. The summed E-state index contributed by atoms with van der Waals surface area (Å²) in [6.07, 6.45) is -0.300. The van der Waals surface area contributed by atoms with Crippen molar-refractivity contribution < 1.29 is 24.2 Å². The number of methoxy groups -OCH3 is 1. The van der Waals surface area contributed by atoms with Crippen LogP contribution in [0.25, 0.3) is 0 Å². The molecule has 0 bridgehead atoms. The van der Waals surface area contributed by atoms with E-state index in [1.165, 1.54) is 4.90 Å². The second-order valence-electron chi connectivity index (χ2n) is 5.73. The second-order valence-corrected chi connectivity index (χ2v) is 5.73. The molecule has 1 aliphatic rings. The third-order valence-corrected chi connectivity index (χ3v) is 4.15. The Morgan fingerprint density at radius 3 is 2.68 bits per heavy atom. The van der Waals surface area contributed by atoms with E-state index in [0.29, 0.717) is 17.9 Å². The molecule has 1 aliphatic heterocycles. The molecule has 0 aromatic heterocycles. The summed E-state index contributed by atoms with van der Waals surface area (Å²) in [4.78, 5) is 25.5. The van der Waals surface area contributed by atoms with Crippen molar-refractivity contribution in [2.45, 2.75) is 18.9 Å². The molecule has 2 aromatic rings. The first-order chi connectivity index (χ1) is 12.1. The fourth-order valence-corrected chi connectivity index (χ4v) is 2.89. The molecule has 0 radical (unpaired) electrons. The molecule has 0 spiro atoms. The third kappa shape index (κ3) is 3.57. The number of fused-ring (bicyclic) bond motifs is 1. The van der Waals surface area contributed by atoms with Crippen molar-refractivity contribution in [2.24, 2.45) is 0 Å². The summed E-state index contributed by atoms with van der Waals surface area (Å²) in [6.45, 7) is -0.00287. The topological polar surface area (TPSA) is 76.1 Å². The van der Waals surface area contributed by atoms with Crippen LogP contribution in [0.4, 0.5) is 5.69 Å². The highest BCUT2D eigenvalue weighted by Crippen LogP contribution is 2.33. The van der Waals surface area contributed by atoms with E-state index in [0.717, 1.165) is 11.3 Å². The van der Waals surface area contributed by atoms with Crippen LogP contribution in [0.15, 0.2) is 48.5 Å². The van der Waals surface area contributed by atoms with Crippen LogP contribution in [0.2, 0.25) is 0 Å². The molecule has 6 heteroatoms. The first kappa shape index (κ1) is 16.8. The molecule has 25 heavy (non-hydrogen) atoms. The minimum atomic E-state index is -1.09. The van der Waals surface area contributed by atoms with Gasteiger partial charge in [-0.2, -0.15) is 0 Å². The Morgan fingerprint density at radius 2 is 1.92 bits per heavy atom. The molecule has 1 atom stereocenters. The van der Waals surface area contributed by atoms with Crippen molar-refractivity contribution >= 4 is 17.6 Å². The fourth-order valence-electron chi connectivity index (χ4n) is 2.89. The van der Waals surface area contributed by atoms with Gasteiger partial charge in [0.15, 0.2) is 0 Å². The Kier molecular flexibility index (Phi) is 4.88. The van der Waals surface area contributed by atoms with E-state index in [4.69, 9.17) is 9.47 Å². The minimum absolute atomic E-state index is 0.00287. The van der Waals surface area contributed by atoms with E-state index in [-0.39, 0.29) is 18.9 Å². The van der Waals surface area contributed by atoms with E-state index < -0.39 is 12.1 Å². The predicted octanol–water partition coefficient (Wildman–Crippen LogP) is 2.51. The lowest BCUT2D eigenvalue weighted by Crippen LogP contribution is -2.47. The van der Waals surface area contributed by atoms with Gasteiger partial charge in [0.1, 0.15) is 11.5 Å². The van der Waals surface area contributed by atoms with Crippen LogP contribution in [0.1, 0.15) is 12.0 Å².